The molecule has 0 aliphatic carbocycles. The summed E-state index contributed by atoms with van der Waals surface area (Å²) in [5, 5.41) is 12.4. The minimum atomic E-state index is -0.354. The van der Waals surface area contributed by atoms with Gasteiger partial charge in [-0.2, -0.15) is 0 Å². The van der Waals surface area contributed by atoms with E-state index < -0.39 is 0 Å². The second kappa shape index (κ2) is 5.78. The van der Waals surface area contributed by atoms with Gasteiger partial charge in [0.25, 0.3) is 0 Å². The van der Waals surface area contributed by atoms with Crippen LogP contribution in [0.3, 0.4) is 0 Å². The lowest BCUT2D eigenvalue weighted by Gasteiger charge is -2.27. The molecular weight excluding hydrogens is 277 g/mol. The van der Waals surface area contributed by atoms with E-state index in [1.165, 1.54) is 6.07 Å². The Bertz CT molecular complexity index is 813. The molecule has 0 aliphatic heterocycles. The molecule has 3 rings (SSSR count). The van der Waals surface area contributed by atoms with Crippen LogP contribution in [0.25, 0.3) is 10.8 Å². The Morgan fingerprint density at radius 3 is 2.32 bits per heavy atom. The molecule has 0 bridgehead atoms. The van der Waals surface area contributed by atoms with Gasteiger partial charge in [-0.05, 0) is 37.0 Å². The first kappa shape index (κ1) is 14.5. The van der Waals surface area contributed by atoms with Crippen molar-refractivity contribution in [3.05, 3.63) is 77.6 Å². The Labute approximate surface area is 129 Å². The van der Waals surface area contributed by atoms with Crippen molar-refractivity contribution in [1.29, 1.82) is 0 Å². The standard InChI is InChI=1S/C19H18FNO/c1-21(2)19(15-9-5-6-10-16(15)20)18-14-8-4-3-7-13(14)11-12-17(18)22/h3-12,19,22H,1-2H3/t19-/m0/s1. The van der Waals surface area contributed by atoms with E-state index in [2.05, 4.69) is 0 Å². The van der Waals surface area contributed by atoms with Crippen molar-refractivity contribution in [2.45, 2.75) is 6.04 Å². The zero-order valence-electron chi connectivity index (χ0n) is 12.6. The van der Waals surface area contributed by atoms with Crippen molar-refractivity contribution in [2.24, 2.45) is 0 Å². The highest BCUT2D eigenvalue weighted by Crippen LogP contribution is 2.38. The Balaban J connectivity index is 2.31. The summed E-state index contributed by atoms with van der Waals surface area (Å²) in [7, 11) is 3.77. The summed E-state index contributed by atoms with van der Waals surface area (Å²) in [4.78, 5) is 1.92. The van der Waals surface area contributed by atoms with Crippen LogP contribution in [0, 0.1) is 5.82 Å². The van der Waals surface area contributed by atoms with Gasteiger partial charge in [-0.25, -0.2) is 4.39 Å². The highest BCUT2D eigenvalue weighted by atomic mass is 19.1. The molecule has 1 atom stereocenters. The lowest BCUT2D eigenvalue weighted by Crippen LogP contribution is -2.22. The molecule has 0 radical (unpaired) electrons. The van der Waals surface area contributed by atoms with E-state index in [1.54, 1.807) is 18.2 Å². The molecule has 3 aromatic rings. The molecule has 0 heterocycles. The zero-order valence-corrected chi connectivity index (χ0v) is 12.6. The minimum absolute atomic E-state index is 0.181. The maximum atomic E-state index is 14.3. The van der Waals surface area contributed by atoms with Crippen LogP contribution in [0.5, 0.6) is 5.75 Å². The first-order chi connectivity index (χ1) is 10.6. The average Bonchev–Trinajstić information content (AvgIpc) is 2.51. The van der Waals surface area contributed by atoms with Crippen LogP contribution in [0.1, 0.15) is 17.2 Å². The summed E-state index contributed by atoms with van der Waals surface area (Å²) in [6.45, 7) is 0. The van der Waals surface area contributed by atoms with Gasteiger partial charge in [0.1, 0.15) is 11.6 Å². The van der Waals surface area contributed by atoms with Crippen molar-refractivity contribution < 1.29 is 9.50 Å². The van der Waals surface area contributed by atoms with E-state index in [0.29, 0.717) is 5.56 Å². The van der Waals surface area contributed by atoms with Gasteiger partial charge in [-0.3, -0.25) is 4.90 Å². The van der Waals surface area contributed by atoms with Crippen LogP contribution in [-0.4, -0.2) is 24.1 Å². The molecule has 0 aliphatic rings. The molecule has 3 heteroatoms. The molecule has 0 aromatic heterocycles. The van der Waals surface area contributed by atoms with Gasteiger partial charge < -0.3 is 5.11 Å². The van der Waals surface area contributed by atoms with E-state index in [9.17, 15) is 9.50 Å². The third kappa shape index (κ3) is 2.44. The maximum absolute atomic E-state index is 14.3. The Morgan fingerprint density at radius 1 is 0.909 bits per heavy atom. The number of hydrogen-bond donors (Lipinski definition) is 1. The number of aromatic hydroxyl groups is 1. The molecule has 0 spiro atoms. The minimum Gasteiger partial charge on any atom is -0.508 e. The lowest BCUT2D eigenvalue weighted by atomic mass is 9.92. The smallest absolute Gasteiger partial charge is 0.128 e. The number of benzene rings is 3. The van der Waals surface area contributed by atoms with Crippen LogP contribution in [0.2, 0.25) is 0 Å². The quantitative estimate of drug-likeness (QED) is 0.777. The summed E-state index contributed by atoms with van der Waals surface area (Å²) in [5.74, 6) is -0.0887. The van der Waals surface area contributed by atoms with Crippen molar-refractivity contribution in [3.63, 3.8) is 0 Å². The summed E-state index contributed by atoms with van der Waals surface area (Å²) < 4.78 is 14.3. The van der Waals surface area contributed by atoms with E-state index in [1.807, 2.05) is 55.4 Å². The van der Waals surface area contributed by atoms with Crippen LogP contribution in [-0.2, 0) is 0 Å². The predicted molar refractivity (Wildman–Crippen MR) is 87.5 cm³/mol. The molecule has 0 fully saturated rings. The zero-order chi connectivity index (χ0) is 15.7. The molecule has 3 aromatic carbocycles. The fraction of sp³-hybridized carbons (Fsp3) is 0.158. The van der Waals surface area contributed by atoms with E-state index in [4.69, 9.17) is 0 Å². The molecule has 0 amide bonds. The maximum Gasteiger partial charge on any atom is 0.128 e. The van der Waals surface area contributed by atoms with Crippen LogP contribution in [0.4, 0.5) is 4.39 Å². The molecule has 0 saturated carbocycles. The van der Waals surface area contributed by atoms with Crippen LogP contribution >= 0.6 is 0 Å². The summed E-state index contributed by atoms with van der Waals surface area (Å²) in [6.07, 6.45) is 0. The van der Waals surface area contributed by atoms with Gasteiger partial charge >= 0.3 is 0 Å². The highest BCUT2D eigenvalue weighted by Gasteiger charge is 2.24. The van der Waals surface area contributed by atoms with Gasteiger partial charge in [0.15, 0.2) is 0 Å². The van der Waals surface area contributed by atoms with Crippen molar-refractivity contribution in [3.8, 4) is 5.75 Å². The summed E-state index contributed by atoms with van der Waals surface area (Å²) >= 11 is 0. The highest BCUT2D eigenvalue weighted by molar-refractivity contribution is 5.88. The van der Waals surface area contributed by atoms with Crippen molar-refractivity contribution in [1.82, 2.24) is 4.90 Å². The predicted octanol–water partition coefficient (Wildman–Crippen LogP) is 4.34. The SMILES string of the molecule is CN(C)[C@@H](c1ccccc1F)c1c(O)ccc2ccccc12. The van der Waals surface area contributed by atoms with Crippen LogP contribution < -0.4 is 0 Å². The van der Waals surface area contributed by atoms with Crippen molar-refractivity contribution >= 4 is 10.8 Å². The van der Waals surface area contributed by atoms with E-state index in [-0.39, 0.29) is 17.6 Å². The van der Waals surface area contributed by atoms with E-state index in [0.717, 1.165) is 16.3 Å². The third-order valence-corrected chi connectivity index (χ3v) is 3.94. The second-order valence-corrected chi connectivity index (χ2v) is 5.61. The molecule has 0 unspecified atom stereocenters. The number of phenols is 1. The Hall–Kier alpha value is -2.39. The van der Waals surface area contributed by atoms with Gasteiger partial charge in [0.2, 0.25) is 0 Å². The van der Waals surface area contributed by atoms with Gasteiger partial charge in [0.05, 0.1) is 6.04 Å². The monoisotopic (exact) mass is 295 g/mol. The molecule has 0 saturated heterocycles. The van der Waals surface area contributed by atoms with Crippen LogP contribution in [0.15, 0.2) is 60.7 Å². The van der Waals surface area contributed by atoms with Gasteiger partial charge in [0, 0.05) is 11.1 Å². The number of hydrogen-bond acceptors (Lipinski definition) is 2. The Kier molecular flexibility index (Phi) is 3.82. The lowest BCUT2D eigenvalue weighted by molar-refractivity contribution is 0.326. The molecular formula is C19H18FNO. The second-order valence-electron chi connectivity index (χ2n) is 5.61. The molecule has 1 N–H and O–H groups in total. The largest absolute Gasteiger partial charge is 0.508 e. The number of halogens is 1. The van der Waals surface area contributed by atoms with Gasteiger partial charge in [-0.1, -0.05) is 48.5 Å². The number of rotatable bonds is 3. The van der Waals surface area contributed by atoms with E-state index >= 15 is 0 Å². The number of fused-ring (bicyclic) bond motifs is 1. The molecule has 22 heavy (non-hydrogen) atoms. The molecule has 2 nitrogen and oxygen atoms in total. The third-order valence-electron chi connectivity index (χ3n) is 3.94. The fourth-order valence-corrected chi connectivity index (χ4v) is 2.96. The van der Waals surface area contributed by atoms with Crippen molar-refractivity contribution in [2.75, 3.05) is 14.1 Å². The topological polar surface area (TPSA) is 23.5 Å². The first-order valence-electron chi connectivity index (χ1n) is 7.21. The normalized spacial score (nSPS) is 12.7. The first-order valence-corrected chi connectivity index (χ1v) is 7.21. The summed E-state index contributed by atoms with van der Waals surface area (Å²) in [5.41, 5.74) is 1.28. The molecule has 112 valence electrons. The Morgan fingerprint density at radius 2 is 1.59 bits per heavy atom. The summed E-state index contributed by atoms with van der Waals surface area (Å²) in [6, 6.07) is 17.7. The number of phenolic OH excluding ortho intramolecular Hbond substituents is 1. The number of nitrogens with zero attached hydrogens (tertiary/aromatic N) is 1. The fourth-order valence-electron chi connectivity index (χ4n) is 2.96. The average molecular weight is 295 g/mol. The van der Waals surface area contributed by atoms with Gasteiger partial charge in [-0.15, -0.1) is 0 Å².